The van der Waals surface area contributed by atoms with Gasteiger partial charge in [0.15, 0.2) is 11.5 Å². The molecule has 0 radical (unpaired) electrons. The average molecular weight is 324 g/mol. The summed E-state index contributed by atoms with van der Waals surface area (Å²) in [7, 11) is 3.18. The largest absolute Gasteiger partial charge is 0.493 e. The number of methoxy groups -OCH3 is 2. The first-order valence-corrected chi connectivity index (χ1v) is 7.40. The Kier molecular flexibility index (Phi) is 7.73. The lowest BCUT2D eigenvalue weighted by Gasteiger charge is -2.15. The number of hydrogen-bond donors (Lipinski definition) is 3. The van der Waals surface area contributed by atoms with Gasteiger partial charge in [-0.05, 0) is 30.0 Å². The summed E-state index contributed by atoms with van der Waals surface area (Å²) in [5, 5.41) is 13.7. The normalized spacial score (nSPS) is 11.4. The Labute approximate surface area is 136 Å². The molecule has 0 aliphatic rings. The Morgan fingerprint density at radius 3 is 2.48 bits per heavy atom. The fraction of sp³-hybridized carbons (Fsp3) is 0.500. The van der Waals surface area contributed by atoms with E-state index in [1.165, 1.54) is 0 Å². The van der Waals surface area contributed by atoms with E-state index in [1.54, 1.807) is 14.2 Å². The molecule has 0 aliphatic heterocycles. The van der Waals surface area contributed by atoms with Gasteiger partial charge in [-0.2, -0.15) is 0 Å². The number of hydrogen-bond acceptors (Lipinski definition) is 4. The average Bonchev–Trinajstić information content (AvgIpc) is 2.52. The van der Waals surface area contributed by atoms with Crippen LogP contribution >= 0.6 is 0 Å². The molecule has 0 heterocycles. The second-order valence-electron chi connectivity index (χ2n) is 5.28. The van der Waals surface area contributed by atoms with Crippen molar-refractivity contribution in [3.63, 3.8) is 0 Å². The lowest BCUT2D eigenvalue weighted by atomic mass is 10.0. The van der Waals surface area contributed by atoms with Crippen molar-refractivity contribution in [3.8, 4) is 11.5 Å². The Balaban J connectivity index is 2.40. The number of carboxylic acid groups (broad SMARTS) is 1. The molecule has 1 atom stereocenters. The molecule has 1 aromatic carbocycles. The molecule has 0 saturated heterocycles. The molecule has 1 unspecified atom stereocenters. The molecule has 7 heteroatoms. The van der Waals surface area contributed by atoms with E-state index in [1.807, 2.05) is 25.1 Å². The van der Waals surface area contributed by atoms with Gasteiger partial charge in [0.05, 0.1) is 20.6 Å². The van der Waals surface area contributed by atoms with Gasteiger partial charge in [-0.15, -0.1) is 0 Å². The highest BCUT2D eigenvalue weighted by Crippen LogP contribution is 2.28. The summed E-state index contributed by atoms with van der Waals surface area (Å²) in [5.74, 6) is 0.641. The fourth-order valence-corrected chi connectivity index (χ4v) is 2.09. The first-order chi connectivity index (χ1) is 11.0. The van der Waals surface area contributed by atoms with E-state index in [4.69, 9.17) is 14.6 Å². The van der Waals surface area contributed by atoms with Crippen molar-refractivity contribution in [2.75, 3.05) is 27.3 Å². The van der Waals surface area contributed by atoms with Crippen LogP contribution in [0, 0.1) is 5.92 Å². The maximum atomic E-state index is 11.5. The van der Waals surface area contributed by atoms with Crippen molar-refractivity contribution in [2.45, 2.75) is 19.8 Å². The van der Waals surface area contributed by atoms with Crippen molar-refractivity contribution < 1.29 is 24.2 Å². The number of benzene rings is 1. The van der Waals surface area contributed by atoms with Gasteiger partial charge in [-0.25, -0.2) is 4.79 Å². The van der Waals surface area contributed by atoms with Crippen LogP contribution in [0.1, 0.15) is 18.9 Å². The quantitative estimate of drug-likeness (QED) is 0.642. The number of rotatable bonds is 9. The zero-order chi connectivity index (χ0) is 17.2. The number of amides is 2. The van der Waals surface area contributed by atoms with E-state index in [-0.39, 0.29) is 24.9 Å². The topological polar surface area (TPSA) is 96.9 Å². The van der Waals surface area contributed by atoms with Crippen molar-refractivity contribution in [1.29, 1.82) is 0 Å². The molecule has 23 heavy (non-hydrogen) atoms. The van der Waals surface area contributed by atoms with Gasteiger partial charge in [0.1, 0.15) is 0 Å². The van der Waals surface area contributed by atoms with E-state index in [9.17, 15) is 9.59 Å². The van der Waals surface area contributed by atoms with Crippen LogP contribution in [-0.4, -0.2) is 44.4 Å². The van der Waals surface area contributed by atoms with Crippen LogP contribution in [0.4, 0.5) is 4.79 Å². The number of nitrogens with one attached hydrogen (secondary N) is 2. The fourth-order valence-electron chi connectivity index (χ4n) is 2.09. The van der Waals surface area contributed by atoms with Crippen molar-refractivity contribution in [3.05, 3.63) is 23.8 Å². The number of carbonyl (C=O) groups excluding carboxylic acids is 1. The van der Waals surface area contributed by atoms with Gasteiger partial charge in [0, 0.05) is 13.1 Å². The highest BCUT2D eigenvalue weighted by atomic mass is 16.5. The molecule has 128 valence electrons. The van der Waals surface area contributed by atoms with Gasteiger partial charge < -0.3 is 25.2 Å². The zero-order valence-electron chi connectivity index (χ0n) is 13.7. The minimum atomic E-state index is -0.938. The summed E-state index contributed by atoms with van der Waals surface area (Å²) in [6.07, 6.45) is 0.685. The standard InChI is InChI=1S/C16H24N2O5/c1-11(10-18-16(21)17-7-6-15(19)20)8-12-4-5-13(22-2)14(9-12)23-3/h4-5,9,11H,6-8,10H2,1-3H3,(H,19,20)(H2,17,18,21). The van der Waals surface area contributed by atoms with Gasteiger partial charge in [0.2, 0.25) is 0 Å². The predicted molar refractivity (Wildman–Crippen MR) is 86.1 cm³/mol. The third-order valence-electron chi connectivity index (χ3n) is 3.27. The summed E-state index contributed by atoms with van der Waals surface area (Å²) in [5.41, 5.74) is 1.09. The third kappa shape index (κ3) is 6.90. The maximum absolute atomic E-state index is 11.5. The number of ether oxygens (including phenoxy) is 2. The van der Waals surface area contributed by atoms with Crippen LogP contribution in [0.2, 0.25) is 0 Å². The van der Waals surface area contributed by atoms with Gasteiger partial charge >= 0.3 is 12.0 Å². The molecule has 7 nitrogen and oxygen atoms in total. The molecule has 0 saturated carbocycles. The smallest absolute Gasteiger partial charge is 0.314 e. The van der Waals surface area contributed by atoms with Crippen LogP contribution in [0.5, 0.6) is 11.5 Å². The number of carbonyl (C=O) groups is 2. The number of aliphatic carboxylic acids is 1. The monoisotopic (exact) mass is 324 g/mol. The van der Waals surface area contributed by atoms with Crippen molar-refractivity contribution in [2.24, 2.45) is 5.92 Å². The summed E-state index contributed by atoms with van der Waals surface area (Å²) >= 11 is 0. The predicted octanol–water partition coefficient (Wildman–Crippen LogP) is 1.66. The van der Waals surface area contributed by atoms with Crippen LogP contribution in [0.25, 0.3) is 0 Å². The highest BCUT2D eigenvalue weighted by molar-refractivity contribution is 5.74. The van der Waals surface area contributed by atoms with Gasteiger partial charge in [0.25, 0.3) is 0 Å². The molecule has 0 aliphatic carbocycles. The van der Waals surface area contributed by atoms with E-state index >= 15 is 0 Å². The number of carboxylic acids is 1. The van der Waals surface area contributed by atoms with Gasteiger partial charge in [-0.3, -0.25) is 4.79 Å². The second kappa shape index (κ2) is 9.55. The van der Waals surface area contributed by atoms with E-state index in [2.05, 4.69) is 10.6 Å². The Morgan fingerprint density at radius 1 is 1.17 bits per heavy atom. The number of urea groups is 1. The molecule has 3 N–H and O–H groups in total. The van der Waals surface area contributed by atoms with E-state index in [0.717, 1.165) is 12.0 Å². The molecule has 1 aromatic rings. The molecule has 1 rings (SSSR count). The molecular weight excluding hydrogens is 300 g/mol. The summed E-state index contributed by atoms with van der Waals surface area (Å²) in [4.78, 5) is 21.9. The molecule has 0 spiro atoms. The van der Waals surface area contributed by atoms with Crippen LogP contribution in [-0.2, 0) is 11.2 Å². The maximum Gasteiger partial charge on any atom is 0.314 e. The van der Waals surface area contributed by atoms with E-state index in [0.29, 0.717) is 18.0 Å². The summed E-state index contributed by atoms with van der Waals surface area (Å²) in [6, 6.07) is 5.38. The Hall–Kier alpha value is -2.44. The summed E-state index contributed by atoms with van der Waals surface area (Å²) < 4.78 is 10.5. The van der Waals surface area contributed by atoms with Crippen LogP contribution < -0.4 is 20.1 Å². The molecule has 0 aromatic heterocycles. The second-order valence-corrected chi connectivity index (χ2v) is 5.28. The van der Waals surface area contributed by atoms with E-state index < -0.39 is 5.97 Å². The van der Waals surface area contributed by atoms with Crippen LogP contribution in [0.3, 0.4) is 0 Å². The first kappa shape index (κ1) is 18.6. The molecule has 0 fully saturated rings. The third-order valence-corrected chi connectivity index (χ3v) is 3.27. The van der Waals surface area contributed by atoms with Crippen molar-refractivity contribution in [1.82, 2.24) is 10.6 Å². The van der Waals surface area contributed by atoms with Gasteiger partial charge in [-0.1, -0.05) is 13.0 Å². The lowest BCUT2D eigenvalue weighted by molar-refractivity contribution is -0.136. The molecule has 2 amide bonds. The minimum absolute atomic E-state index is 0.0887. The Bertz CT molecular complexity index is 533. The zero-order valence-corrected chi connectivity index (χ0v) is 13.7. The molecule has 0 bridgehead atoms. The van der Waals surface area contributed by atoms with Crippen LogP contribution in [0.15, 0.2) is 18.2 Å². The molecular formula is C16H24N2O5. The Morgan fingerprint density at radius 2 is 1.87 bits per heavy atom. The highest BCUT2D eigenvalue weighted by Gasteiger charge is 2.09. The summed E-state index contributed by atoms with van der Waals surface area (Å²) in [6.45, 7) is 2.63. The first-order valence-electron chi connectivity index (χ1n) is 7.40. The minimum Gasteiger partial charge on any atom is -0.493 e. The SMILES string of the molecule is COc1ccc(CC(C)CNC(=O)NCCC(=O)O)cc1OC. The lowest BCUT2D eigenvalue weighted by Crippen LogP contribution is -2.39. The van der Waals surface area contributed by atoms with Crippen molar-refractivity contribution >= 4 is 12.0 Å².